The van der Waals surface area contributed by atoms with E-state index in [0.717, 1.165) is 22.3 Å². The lowest BCUT2D eigenvalue weighted by Crippen LogP contribution is -2.02. The molecule has 0 aliphatic carbocycles. The zero-order valence-electron chi connectivity index (χ0n) is 17.1. The van der Waals surface area contributed by atoms with Gasteiger partial charge in [-0.15, -0.1) is 16.8 Å². The van der Waals surface area contributed by atoms with Gasteiger partial charge in [0.2, 0.25) is 5.75 Å². The van der Waals surface area contributed by atoms with E-state index < -0.39 is 0 Å². The van der Waals surface area contributed by atoms with Crippen LogP contribution in [0.1, 0.15) is 11.1 Å². The van der Waals surface area contributed by atoms with E-state index in [1.165, 1.54) is 11.1 Å². The average molecular weight is 412 g/mol. The number of aryl methyl sites for hydroxylation is 1. The average Bonchev–Trinajstić information content (AvgIpc) is 3.14. The Morgan fingerprint density at radius 3 is 2.34 bits per heavy atom. The maximum atomic E-state index is 5.48. The van der Waals surface area contributed by atoms with Crippen LogP contribution in [-0.4, -0.2) is 36.1 Å². The van der Waals surface area contributed by atoms with Gasteiger partial charge in [-0.05, 0) is 24.6 Å². The lowest BCUT2D eigenvalue weighted by molar-refractivity contribution is 0.324. The van der Waals surface area contributed by atoms with Crippen molar-refractivity contribution in [2.45, 2.75) is 24.4 Å². The van der Waals surface area contributed by atoms with Gasteiger partial charge in [0.05, 0.1) is 21.3 Å². The van der Waals surface area contributed by atoms with Crippen LogP contribution in [0.3, 0.4) is 0 Å². The Balaban J connectivity index is 1.97. The fraction of sp³-hybridized carbons (Fsp3) is 0.273. The van der Waals surface area contributed by atoms with E-state index in [0.29, 0.717) is 23.8 Å². The van der Waals surface area contributed by atoms with Crippen molar-refractivity contribution in [3.63, 3.8) is 0 Å². The fourth-order valence-corrected chi connectivity index (χ4v) is 3.95. The molecule has 0 saturated heterocycles. The van der Waals surface area contributed by atoms with Crippen molar-refractivity contribution < 1.29 is 14.2 Å². The first kappa shape index (κ1) is 20.8. The number of methoxy groups -OCH3 is 3. The highest BCUT2D eigenvalue weighted by atomic mass is 32.2. The second-order valence-corrected chi connectivity index (χ2v) is 7.34. The Morgan fingerprint density at radius 1 is 1.03 bits per heavy atom. The number of rotatable bonds is 9. The molecule has 0 bridgehead atoms. The molecule has 0 saturated carbocycles. The summed E-state index contributed by atoms with van der Waals surface area (Å²) in [7, 11) is 4.78. The Kier molecular flexibility index (Phi) is 6.82. The topological polar surface area (TPSA) is 58.4 Å². The summed E-state index contributed by atoms with van der Waals surface area (Å²) in [6.07, 6.45) is 1.83. The molecule has 6 nitrogen and oxygen atoms in total. The minimum Gasteiger partial charge on any atom is -0.493 e. The van der Waals surface area contributed by atoms with Crippen molar-refractivity contribution in [3.05, 3.63) is 60.2 Å². The lowest BCUT2D eigenvalue weighted by atomic mass is 10.1. The van der Waals surface area contributed by atoms with Gasteiger partial charge in [0, 0.05) is 17.9 Å². The van der Waals surface area contributed by atoms with Crippen LogP contribution < -0.4 is 14.2 Å². The Bertz CT molecular complexity index is 976. The molecule has 1 aromatic heterocycles. The Morgan fingerprint density at radius 2 is 1.76 bits per heavy atom. The molecule has 0 amide bonds. The van der Waals surface area contributed by atoms with Crippen LogP contribution in [0.15, 0.2) is 54.2 Å². The molecular formula is C22H25N3O3S. The van der Waals surface area contributed by atoms with Gasteiger partial charge in [-0.3, -0.25) is 4.57 Å². The van der Waals surface area contributed by atoms with Gasteiger partial charge in [-0.25, -0.2) is 0 Å². The van der Waals surface area contributed by atoms with Crippen LogP contribution in [-0.2, 0) is 12.3 Å². The highest BCUT2D eigenvalue weighted by molar-refractivity contribution is 7.98. The molecule has 29 heavy (non-hydrogen) atoms. The van der Waals surface area contributed by atoms with E-state index in [1.54, 1.807) is 33.1 Å². The first-order chi connectivity index (χ1) is 14.1. The molecule has 0 aliphatic heterocycles. The van der Waals surface area contributed by atoms with Crippen LogP contribution in [0, 0.1) is 6.92 Å². The van der Waals surface area contributed by atoms with Crippen molar-refractivity contribution in [1.29, 1.82) is 0 Å². The molecular weight excluding hydrogens is 386 g/mol. The second kappa shape index (κ2) is 9.52. The fourth-order valence-electron chi connectivity index (χ4n) is 3.06. The maximum absolute atomic E-state index is 5.48. The lowest BCUT2D eigenvalue weighted by Gasteiger charge is -2.14. The first-order valence-corrected chi connectivity index (χ1v) is 10.1. The van der Waals surface area contributed by atoms with E-state index in [1.807, 2.05) is 22.8 Å². The normalized spacial score (nSPS) is 10.6. The third-order valence-electron chi connectivity index (χ3n) is 4.40. The van der Waals surface area contributed by atoms with Crippen molar-refractivity contribution >= 4 is 11.8 Å². The van der Waals surface area contributed by atoms with Crippen LogP contribution in [0.5, 0.6) is 17.2 Å². The van der Waals surface area contributed by atoms with Crippen molar-refractivity contribution in [2.24, 2.45) is 0 Å². The number of ether oxygens (including phenoxy) is 3. The second-order valence-electron chi connectivity index (χ2n) is 6.40. The van der Waals surface area contributed by atoms with E-state index in [2.05, 4.69) is 48.0 Å². The number of nitrogens with zero attached hydrogens (tertiary/aromatic N) is 3. The number of hydrogen-bond donors (Lipinski definition) is 0. The summed E-state index contributed by atoms with van der Waals surface area (Å²) < 4.78 is 18.4. The number of hydrogen-bond acceptors (Lipinski definition) is 6. The molecule has 0 radical (unpaired) electrons. The Hall–Kier alpha value is -2.93. The standard InChI is InChI=1S/C22H25N3O3S/c1-6-10-25-21(17-12-18(26-3)20(28-5)19(13-17)27-4)23-24-22(25)29-14-16-9-7-8-15(2)11-16/h6-9,11-13H,1,10,14H2,2-5H3. The van der Waals surface area contributed by atoms with E-state index >= 15 is 0 Å². The summed E-state index contributed by atoms with van der Waals surface area (Å²) in [5, 5.41) is 9.68. The predicted molar refractivity (Wildman–Crippen MR) is 116 cm³/mol. The highest BCUT2D eigenvalue weighted by Crippen LogP contribution is 2.41. The Labute approximate surface area is 175 Å². The third-order valence-corrected chi connectivity index (χ3v) is 5.44. The third kappa shape index (κ3) is 4.56. The van der Waals surface area contributed by atoms with Gasteiger partial charge in [-0.1, -0.05) is 47.7 Å². The van der Waals surface area contributed by atoms with Crippen LogP contribution >= 0.6 is 11.8 Å². The number of thioether (sulfide) groups is 1. The molecule has 2 aromatic carbocycles. The largest absolute Gasteiger partial charge is 0.493 e. The van der Waals surface area contributed by atoms with E-state index in [4.69, 9.17) is 14.2 Å². The molecule has 3 aromatic rings. The van der Waals surface area contributed by atoms with Crippen LogP contribution in [0.25, 0.3) is 11.4 Å². The summed E-state index contributed by atoms with van der Waals surface area (Å²) in [5.41, 5.74) is 3.32. The summed E-state index contributed by atoms with van der Waals surface area (Å²) in [4.78, 5) is 0. The molecule has 0 spiro atoms. The zero-order valence-corrected chi connectivity index (χ0v) is 18.0. The molecule has 0 atom stereocenters. The van der Waals surface area contributed by atoms with Gasteiger partial charge in [-0.2, -0.15) is 0 Å². The van der Waals surface area contributed by atoms with E-state index in [9.17, 15) is 0 Å². The molecule has 3 rings (SSSR count). The van der Waals surface area contributed by atoms with Gasteiger partial charge in [0.15, 0.2) is 22.5 Å². The molecule has 152 valence electrons. The SMILES string of the molecule is C=CCn1c(SCc2cccc(C)c2)nnc1-c1cc(OC)c(OC)c(OC)c1. The zero-order chi connectivity index (χ0) is 20.8. The quantitative estimate of drug-likeness (QED) is 0.374. The van der Waals surface area contributed by atoms with Crippen molar-refractivity contribution in [3.8, 4) is 28.6 Å². The molecule has 7 heteroatoms. The smallest absolute Gasteiger partial charge is 0.203 e. The first-order valence-electron chi connectivity index (χ1n) is 9.14. The summed E-state index contributed by atoms with van der Waals surface area (Å²) in [5.74, 6) is 3.22. The predicted octanol–water partition coefficient (Wildman–Crippen LogP) is 4.76. The summed E-state index contributed by atoms with van der Waals surface area (Å²) in [6, 6.07) is 12.2. The minimum atomic E-state index is 0.544. The van der Waals surface area contributed by atoms with Crippen LogP contribution in [0.2, 0.25) is 0 Å². The highest BCUT2D eigenvalue weighted by Gasteiger charge is 2.19. The molecule has 0 N–H and O–H groups in total. The van der Waals surface area contributed by atoms with Crippen molar-refractivity contribution in [2.75, 3.05) is 21.3 Å². The molecule has 0 fully saturated rings. The van der Waals surface area contributed by atoms with Gasteiger partial charge in [0.25, 0.3) is 0 Å². The number of aromatic nitrogens is 3. The number of allylic oxidation sites excluding steroid dienone is 1. The number of benzene rings is 2. The van der Waals surface area contributed by atoms with Gasteiger partial charge < -0.3 is 14.2 Å². The van der Waals surface area contributed by atoms with Crippen LogP contribution in [0.4, 0.5) is 0 Å². The van der Waals surface area contributed by atoms with Crippen molar-refractivity contribution in [1.82, 2.24) is 14.8 Å². The minimum absolute atomic E-state index is 0.544. The van der Waals surface area contributed by atoms with E-state index in [-0.39, 0.29) is 0 Å². The molecule has 0 aliphatic rings. The summed E-state index contributed by atoms with van der Waals surface area (Å²) in [6.45, 7) is 6.57. The monoisotopic (exact) mass is 411 g/mol. The maximum Gasteiger partial charge on any atom is 0.203 e. The molecule has 1 heterocycles. The van der Waals surface area contributed by atoms with Gasteiger partial charge >= 0.3 is 0 Å². The van der Waals surface area contributed by atoms with Gasteiger partial charge in [0.1, 0.15) is 0 Å². The summed E-state index contributed by atoms with van der Waals surface area (Å²) >= 11 is 1.65. The molecule has 0 unspecified atom stereocenters.